The fraction of sp³-hybridized carbons (Fsp3) is 0.500. The van der Waals surface area contributed by atoms with E-state index >= 15 is 0 Å². The predicted molar refractivity (Wildman–Crippen MR) is 57.1 cm³/mol. The molecule has 0 spiro atoms. The summed E-state index contributed by atoms with van der Waals surface area (Å²) in [5.74, 6) is 0. The van der Waals surface area contributed by atoms with Crippen LogP contribution >= 0.6 is 0 Å². The Morgan fingerprint density at radius 3 is 2.79 bits per heavy atom. The van der Waals surface area contributed by atoms with Gasteiger partial charge in [0, 0.05) is 12.6 Å². The number of likely N-dealkylation sites (tertiary alicyclic amines) is 1. The zero-order valence-corrected chi connectivity index (χ0v) is 8.39. The summed E-state index contributed by atoms with van der Waals surface area (Å²) in [4.78, 5) is 2.37. The molecule has 1 saturated heterocycles. The topological polar surface area (TPSA) is 23.5 Å². The van der Waals surface area contributed by atoms with Crippen molar-refractivity contribution in [1.82, 2.24) is 4.90 Å². The summed E-state index contributed by atoms with van der Waals surface area (Å²) < 4.78 is 0. The Balaban J connectivity index is 2.10. The molecule has 1 unspecified atom stereocenters. The van der Waals surface area contributed by atoms with E-state index in [2.05, 4.69) is 35.2 Å². The largest absolute Gasteiger partial charge is 0.395 e. The van der Waals surface area contributed by atoms with Gasteiger partial charge in [-0.1, -0.05) is 30.3 Å². The maximum atomic E-state index is 8.95. The van der Waals surface area contributed by atoms with Gasteiger partial charge in [-0.05, 0) is 24.9 Å². The molecule has 0 bridgehead atoms. The van der Waals surface area contributed by atoms with Gasteiger partial charge in [0.15, 0.2) is 0 Å². The molecule has 0 radical (unpaired) electrons. The summed E-state index contributed by atoms with van der Waals surface area (Å²) in [5, 5.41) is 8.95. The van der Waals surface area contributed by atoms with Crippen LogP contribution < -0.4 is 0 Å². The number of β-amino-alcohol motifs (C(OH)–C–C–N with tert-alkyl or cyclic N) is 1. The minimum Gasteiger partial charge on any atom is -0.395 e. The van der Waals surface area contributed by atoms with Gasteiger partial charge < -0.3 is 5.11 Å². The second kappa shape index (κ2) is 4.58. The van der Waals surface area contributed by atoms with E-state index in [-0.39, 0.29) is 6.61 Å². The molecule has 0 amide bonds. The molecule has 1 aliphatic rings. The van der Waals surface area contributed by atoms with E-state index in [1.54, 1.807) is 0 Å². The molecular weight excluding hydrogens is 174 g/mol. The van der Waals surface area contributed by atoms with Gasteiger partial charge in [0.25, 0.3) is 0 Å². The Labute approximate surface area is 85.2 Å². The molecule has 1 atom stereocenters. The van der Waals surface area contributed by atoms with Crippen LogP contribution in [0.5, 0.6) is 0 Å². The maximum Gasteiger partial charge on any atom is 0.0558 e. The molecule has 14 heavy (non-hydrogen) atoms. The molecular formula is C12H17NO. The van der Waals surface area contributed by atoms with E-state index in [9.17, 15) is 0 Å². The molecule has 1 N–H and O–H groups in total. The maximum absolute atomic E-state index is 8.95. The van der Waals surface area contributed by atoms with Crippen molar-refractivity contribution >= 4 is 0 Å². The Bertz CT molecular complexity index is 273. The highest BCUT2D eigenvalue weighted by Crippen LogP contribution is 2.30. The van der Waals surface area contributed by atoms with Gasteiger partial charge in [-0.15, -0.1) is 0 Å². The lowest BCUT2D eigenvalue weighted by Crippen LogP contribution is -2.26. The Hall–Kier alpha value is -0.860. The first-order chi connectivity index (χ1) is 6.92. The Kier molecular flexibility index (Phi) is 3.17. The number of aliphatic hydroxyl groups is 1. The Morgan fingerprint density at radius 2 is 2.07 bits per heavy atom. The molecule has 2 nitrogen and oxygen atoms in total. The third-order valence-corrected chi connectivity index (χ3v) is 2.94. The van der Waals surface area contributed by atoms with E-state index in [4.69, 9.17) is 5.11 Å². The van der Waals surface area contributed by atoms with E-state index in [0.717, 1.165) is 13.1 Å². The number of benzene rings is 1. The van der Waals surface area contributed by atoms with E-state index < -0.39 is 0 Å². The highest BCUT2D eigenvalue weighted by Gasteiger charge is 2.24. The molecule has 1 aromatic rings. The van der Waals surface area contributed by atoms with Gasteiger partial charge in [0.2, 0.25) is 0 Å². The van der Waals surface area contributed by atoms with Crippen LogP contribution in [0, 0.1) is 0 Å². The number of nitrogens with zero attached hydrogens (tertiary/aromatic N) is 1. The van der Waals surface area contributed by atoms with Crippen molar-refractivity contribution in [3.05, 3.63) is 35.9 Å². The zero-order chi connectivity index (χ0) is 9.80. The SMILES string of the molecule is OCCN1CCCC1c1ccccc1. The number of hydrogen-bond donors (Lipinski definition) is 1. The van der Waals surface area contributed by atoms with E-state index in [1.165, 1.54) is 18.4 Å². The van der Waals surface area contributed by atoms with Crippen LogP contribution in [0.4, 0.5) is 0 Å². The minimum atomic E-state index is 0.267. The summed E-state index contributed by atoms with van der Waals surface area (Å²) in [6, 6.07) is 11.1. The van der Waals surface area contributed by atoms with Crippen LogP contribution in [0.25, 0.3) is 0 Å². The lowest BCUT2D eigenvalue weighted by molar-refractivity contribution is 0.185. The highest BCUT2D eigenvalue weighted by atomic mass is 16.3. The monoisotopic (exact) mass is 191 g/mol. The van der Waals surface area contributed by atoms with Crippen LogP contribution in [-0.4, -0.2) is 29.7 Å². The van der Waals surface area contributed by atoms with Crippen LogP contribution in [0.1, 0.15) is 24.4 Å². The van der Waals surface area contributed by atoms with Crippen LogP contribution in [-0.2, 0) is 0 Å². The first-order valence-corrected chi connectivity index (χ1v) is 5.31. The standard InChI is InChI=1S/C12H17NO/c14-10-9-13-8-4-7-12(13)11-5-2-1-3-6-11/h1-3,5-6,12,14H,4,7-10H2. The molecule has 1 aliphatic heterocycles. The first kappa shape index (κ1) is 9.69. The third kappa shape index (κ3) is 1.97. The summed E-state index contributed by atoms with van der Waals surface area (Å²) >= 11 is 0. The minimum absolute atomic E-state index is 0.267. The summed E-state index contributed by atoms with van der Waals surface area (Å²) in [5.41, 5.74) is 1.39. The summed E-state index contributed by atoms with van der Waals surface area (Å²) in [6.07, 6.45) is 2.48. The summed E-state index contributed by atoms with van der Waals surface area (Å²) in [7, 11) is 0. The van der Waals surface area contributed by atoms with Crippen molar-refractivity contribution in [2.24, 2.45) is 0 Å². The summed E-state index contributed by atoms with van der Waals surface area (Å²) in [6.45, 7) is 2.20. The van der Waals surface area contributed by atoms with E-state index in [0.29, 0.717) is 6.04 Å². The number of rotatable bonds is 3. The van der Waals surface area contributed by atoms with Gasteiger partial charge >= 0.3 is 0 Å². The van der Waals surface area contributed by atoms with E-state index in [1.807, 2.05) is 0 Å². The fourth-order valence-corrected chi connectivity index (χ4v) is 2.27. The van der Waals surface area contributed by atoms with Gasteiger partial charge in [-0.25, -0.2) is 0 Å². The van der Waals surface area contributed by atoms with Gasteiger partial charge in [0.1, 0.15) is 0 Å². The molecule has 0 aliphatic carbocycles. The first-order valence-electron chi connectivity index (χ1n) is 5.31. The molecule has 1 fully saturated rings. The second-order valence-electron chi connectivity index (χ2n) is 3.83. The molecule has 0 aromatic heterocycles. The highest BCUT2D eigenvalue weighted by molar-refractivity contribution is 5.19. The molecule has 76 valence electrons. The van der Waals surface area contributed by atoms with Crippen molar-refractivity contribution in [2.75, 3.05) is 19.7 Å². The molecule has 2 rings (SSSR count). The van der Waals surface area contributed by atoms with Crippen molar-refractivity contribution in [3.63, 3.8) is 0 Å². The van der Waals surface area contributed by atoms with Crippen LogP contribution in [0.3, 0.4) is 0 Å². The third-order valence-electron chi connectivity index (χ3n) is 2.94. The predicted octanol–water partition coefficient (Wildman–Crippen LogP) is 1.82. The molecule has 0 saturated carbocycles. The van der Waals surface area contributed by atoms with Crippen molar-refractivity contribution < 1.29 is 5.11 Å². The lowest BCUT2D eigenvalue weighted by Gasteiger charge is -2.23. The average Bonchev–Trinajstić information content (AvgIpc) is 2.68. The van der Waals surface area contributed by atoms with Crippen molar-refractivity contribution in [3.8, 4) is 0 Å². The second-order valence-corrected chi connectivity index (χ2v) is 3.83. The van der Waals surface area contributed by atoms with Crippen molar-refractivity contribution in [1.29, 1.82) is 0 Å². The molecule has 2 heteroatoms. The van der Waals surface area contributed by atoms with Crippen LogP contribution in [0.2, 0.25) is 0 Å². The van der Waals surface area contributed by atoms with Gasteiger partial charge in [-0.3, -0.25) is 4.90 Å². The average molecular weight is 191 g/mol. The molecule has 1 aromatic carbocycles. The normalized spacial score (nSPS) is 22.8. The van der Waals surface area contributed by atoms with Crippen LogP contribution in [0.15, 0.2) is 30.3 Å². The lowest BCUT2D eigenvalue weighted by atomic mass is 10.1. The van der Waals surface area contributed by atoms with Gasteiger partial charge in [-0.2, -0.15) is 0 Å². The quantitative estimate of drug-likeness (QED) is 0.787. The zero-order valence-electron chi connectivity index (χ0n) is 8.39. The van der Waals surface area contributed by atoms with Gasteiger partial charge in [0.05, 0.1) is 6.61 Å². The molecule has 1 heterocycles. The number of hydrogen-bond acceptors (Lipinski definition) is 2. The van der Waals surface area contributed by atoms with Crippen molar-refractivity contribution in [2.45, 2.75) is 18.9 Å². The fourth-order valence-electron chi connectivity index (χ4n) is 2.27. The number of aliphatic hydroxyl groups excluding tert-OH is 1. The smallest absolute Gasteiger partial charge is 0.0558 e. The Morgan fingerprint density at radius 1 is 1.29 bits per heavy atom.